The van der Waals surface area contributed by atoms with E-state index in [1.54, 1.807) is 11.3 Å². The van der Waals surface area contributed by atoms with Gasteiger partial charge in [0.25, 0.3) is 0 Å². The van der Waals surface area contributed by atoms with Crippen molar-refractivity contribution < 1.29 is 0 Å². The van der Waals surface area contributed by atoms with Crippen LogP contribution in [0.5, 0.6) is 0 Å². The van der Waals surface area contributed by atoms with Gasteiger partial charge in [-0.05, 0) is 19.8 Å². The molecule has 1 saturated carbocycles. The number of rotatable bonds is 2. The summed E-state index contributed by atoms with van der Waals surface area (Å²) in [4.78, 5) is 6.69. The van der Waals surface area contributed by atoms with E-state index in [2.05, 4.69) is 22.3 Å². The molecule has 1 fully saturated rings. The molecule has 1 aromatic rings. The summed E-state index contributed by atoms with van der Waals surface area (Å²) in [6.45, 7) is 2.03. The normalized spacial score (nSPS) is 27.0. The van der Waals surface area contributed by atoms with Crippen LogP contribution >= 0.6 is 11.3 Å². The van der Waals surface area contributed by atoms with Crippen LogP contribution in [0.2, 0.25) is 0 Å². The fraction of sp³-hybridized carbons (Fsp3) is 0.667. The van der Waals surface area contributed by atoms with Gasteiger partial charge in [-0.2, -0.15) is 0 Å². The van der Waals surface area contributed by atoms with Gasteiger partial charge >= 0.3 is 0 Å². The van der Waals surface area contributed by atoms with Crippen molar-refractivity contribution in [1.29, 1.82) is 0 Å². The van der Waals surface area contributed by atoms with Crippen LogP contribution in [-0.2, 0) is 0 Å². The molecule has 0 aliphatic heterocycles. The van der Waals surface area contributed by atoms with Crippen LogP contribution in [-0.4, -0.2) is 24.1 Å². The third kappa shape index (κ3) is 1.69. The predicted octanol–water partition coefficient (Wildman–Crippen LogP) is 1.38. The second-order valence-electron chi connectivity index (χ2n) is 3.77. The van der Waals surface area contributed by atoms with Crippen LogP contribution in [0.4, 0.5) is 5.13 Å². The third-order valence-electron chi connectivity index (χ3n) is 2.61. The van der Waals surface area contributed by atoms with Gasteiger partial charge in [0, 0.05) is 24.5 Å². The fourth-order valence-electron chi connectivity index (χ4n) is 1.61. The van der Waals surface area contributed by atoms with E-state index in [9.17, 15) is 0 Å². The number of aryl methyl sites for hydroxylation is 1. The van der Waals surface area contributed by atoms with Crippen molar-refractivity contribution in [3.63, 3.8) is 0 Å². The molecule has 1 aliphatic carbocycles. The number of nitrogens with two attached hydrogens (primary N) is 1. The molecule has 72 valence electrons. The molecule has 0 atom stereocenters. The van der Waals surface area contributed by atoms with Crippen molar-refractivity contribution >= 4 is 16.5 Å². The summed E-state index contributed by atoms with van der Waals surface area (Å²) < 4.78 is 0. The monoisotopic (exact) mass is 197 g/mol. The standard InChI is InChI=1S/C9H15N3S/c1-6-5-13-9(11-6)12(2)8-3-7(10)4-8/h5,7-8H,3-4,10H2,1-2H3. The van der Waals surface area contributed by atoms with Crippen molar-refractivity contribution in [2.24, 2.45) is 5.73 Å². The van der Waals surface area contributed by atoms with Crippen LogP contribution in [0, 0.1) is 6.92 Å². The van der Waals surface area contributed by atoms with Crippen molar-refractivity contribution in [1.82, 2.24) is 4.98 Å². The van der Waals surface area contributed by atoms with Crippen LogP contribution in [0.3, 0.4) is 0 Å². The third-order valence-corrected chi connectivity index (χ3v) is 3.66. The maximum Gasteiger partial charge on any atom is 0.185 e. The molecule has 3 nitrogen and oxygen atoms in total. The minimum Gasteiger partial charge on any atom is -0.348 e. The molecule has 4 heteroatoms. The van der Waals surface area contributed by atoms with E-state index in [0.29, 0.717) is 12.1 Å². The van der Waals surface area contributed by atoms with Gasteiger partial charge in [0.15, 0.2) is 5.13 Å². The molecule has 0 spiro atoms. The predicted molar refractivity (Wildman–Crippen MR) is 56.3 cm³/mol. The highest BCUT2D eigenvalue weighted by Crippen LogP contribution is 2.29. The molecule has 0 radical (unpaired) electrons. The fourth-order valence-corrected chi connectivity index (χ4v) is 2.45. The minimum absolute atomic E-state index is 0.411. The van der Waals surface area contributed by atoms with E-state index in [0.717, 1.165) is 23.7 Å². The lowest BCUT2D eigenvalue weighted by molar-refractivity contribution is 0.340. The summed E-state index contributed by atoms with van der Waals surface area (Å²) in [6, 6.07) is 1.02. The Hall–Kier alpha value is -0.610. The first-order valence-electron chi connectivity index (χ1n) is 4.57. The van der Waals surface area contributed by atoms with Crippen LogP contribution in [0.25, 0.3) is 0 Å². The molecule has 0 aromatic carbocycles. The zero-order chi connectivity index (χ0) is 9.42. The average Bonchev–Trinajstić information content (AvgIpc) is 2.45. The Morgan fingerprint density at radius 3 is 2.77 bits per heavy atom. The van der Waals surface area contributed by atoms with E-state index >= 15 is 0 Å². The molecule has 1 aromatic heterocycles. The number of hydrogen-bond donors (Lipinski definition) is 1. The van der Waals surface area contributed by atoms with E-state index in [1.807, 2.05) is 6.92 Å². The Morgan fingerprint density at radius 2 is 2.31 bits per heavy atom. The molecular formula is C9H15N3S. The number of thiazole rings is 1. The Kier molecular flexibility index (Phi) is 2.26. The quantitative estimate of drug-likeness (QED) is 0.778. The number of hydrogen-bond acceptors (Lipinski definition) is 4. The molecule has 0 unspecified atom stereocenters. The molecule has 1 aliphatic rings. The van der Waals surface area contributed by atoms with Gasteiger partial charge in [0.2, 0.25) is 0 Å². The van der Waals surface area contributed by atoms with E-state index in [1.165, 1.54) is 0 Å². The van der Waals surface area contributed by atoms with Crippen molar-refractivity contribution in [3.05, 3.63) is 11.1 Å². The number of anilines is 1. The summed E-state index contributed by atoms with van der Waals surface area (Å²) in [5.41, 5.74) is 6.85. The van der Waals surface area contributed by atoms with Crippen molar-refractivity contribution in [2.75, 3.05) is 11.9 Å². The van der Waals surface area contributed by atoms with E-state index < -0.39 is 0 Å². The van der Waals surface area contributed by atoms with Crippen LogP contribution in [0.1, 0.15) is 18.5 Å². The summed E-state index contributed by atoms with van der Waals surface area (Å²) in [5.74, 6) is 0. The molecule has 2 rings (SSSR count). The average molecular weight is 197 g/mol. The molecular weight excluding hydrogens is 182 g/mol. The van der Waals surface area contributed by atoms with E-state index in [4.69, 9.17) is 5.73 Å². The Balaban J connectivity index is 2.01. The van der Waals surface area contributed by atoms with Gasteiger partial charge in [0.05, 0.1) is 5.69 Å². The lowest BCUT2D eigenvalue weighted by Crippen LogP contribution is -2.49. The van der Waals surface area contributed by atoms with Crippen LogP contribution < -0.4 is 10.6 Å². The lowest BCUT2D eigenvalue weighted by Gasteiger charge is -2.39. The number of aromatic nitrogens is 1. The zero-order valence-corrected chi connectivity index (χ0v) is 8.84. The second kappa shape index (κ2) is 3.27. The van der Waals surface area contributed by atoms with E-state index in [-0.39, 0.29) is 0 Å². The Bertz CT molecular complexity index is 291. The second-order valence-corrected chi connectivity index (χ2v) is 4.60. The maximum absolute atomic E-state index is 5.75. The number of nitrogens with zero attached hydrogens (tertiary/aromatic N) is 2. The maximum atomic E-state index is 5.75. The van der Waals surface area contributed by atoms with Crippen LogP contribution in [0.15, 0.2) is 5.38 Å². The molecule has 0 saturated heterocycles. The summed E-state index contributed by atoms with van der Waals surface area (Å²) in [6.07, 6.45) is 2.21. The Morgan fingerprint density at radius 1 is 1.62 bits per heavy atom. The topological polar surface area (TPSA) is 42.1 Å². The van der Waals surface area contributed by atoms with Gasteiger partial charge in [-0.1, -0.05) is 0 Å². The summed E-state index contributed by atoms with van der Waals surface area (Å²) in [7, 11) is 2.11. The van der Waals surface area contributed by atoms with Gasteiger partial charge in [-0.25, -0.2) is 4.98 Å². The van der Waals surface area contributed by atoms with Crippen molar-refractivity contribution in [3.8, 4) is 0 Å². The first-order valence-corrected chi connectivity index (χ1v) is 5.45. The van der Waals surface area contributed by atoms with Gasteiger partial charge < -0.3 is 10.6 Å². The van der Waals surface area contributed by atoms with Gasteiger partial charge in [-0.3, -0.25) is 0 Å². The Labute approximate surface area is 82.6 Å². The molecule has 0 amide bonds. The lowest BCUT2D eigenvalue weighted by atomic mass is 9.87. The molecule has 1 heterocycles. The minimum atomic E-state index is 0.411. The smallest absolute Gasteiger partial charge is 0.185 e. The van der Waals surface area contributed by atoms with Gasteiger partial charge in [0.1, 0.15) is 0 Å². The van der Waals surface area contributed by atoms with Crippen molar-refractivity contribution in [2.45, 2.75) is 31.8 Å². The first-order chi connectivity index (χ1) is 6.16. The summed E-state index contributed by atoms with van der Waals surface area (Å²) >= 11 is 1.71. The zero-order valence-electron chi connectivity index (χ0n) is 8.03. The highest BCUT2D eigenvalue weighted by Gasteiger charge is 2.30. The highest BCUT2D eigenvalue weighted by molar-refractivity contribution is 7.13. The van der Waals surface area contributed by atoms with Gasteiger partial charge in [-0.15, -0.1) is 11.3 Å². The first kappa shape index (κ1) is 8.97. The molecule has 0 bridgehead atoms. The highest BCUT2D eigenvalue weighted by atomic mass is 32.1. The largest absolute Gasteiger partial charge is 0.348 e. The SMILES string of the molecule is Cc1csc(N(C)C2CC(N)C2)n1. The molecule has 2 N–H and O–H groups in total. The summed E-state index contributed by atoms with van der Waals surface area (Å²) in [5, 5.41) is 3.21. The molecule has 13 heavy (non-hydrogen) atoms.